The van der Waals surface area contributed by atoms with Crippen LogP contribution in [0.15, 0.2) is 9.59 Å². The number of hydrogen-bond acceptors (Lipinski definition) is 7. The summed E-state index contributed by atoms with van der Waals surface area (Å²) in [6.07, 6.45) is 4.67. The number of nitrogen functional groups attached to an aromatic ring is 1. The molecule has 3 aliphatic rings. The smallest absolute Gasteiger partial charge is 0.330 e. The lowest BCUT2D eigenvalue weighted by molar-refractivity contribution is -0.124. The molecule has 1 amide bonds. The quantitative estimate of drug-likeness (QED) is 0.533. The van der Waals surface area contributed by atoms with Crippen LogP contribution < -0.4 is 21.9 Å². The van der Waals surface area contributed by atoms with E-state index in [9.17, 15) is 14.4 Å². The number of nitrogens with zero attached hydrogens (tertiary/aromatic N) is 2. The summed E-state index contributed by atoms with van der Waals surface area (Å²) in [5.74, 6) is 3.53. The molecule has 3 fully saturated rings. The van der Waals surface area contributed by atoms with Crippen molar-refractivity contribution in [2.75, 3.05) is 42.4 Å². The molecule has 2 saturated carbocycles. The van der Waals surface area contributed by atoms with Gasteiger partial charge in [0.25, 0.3) is 5.56 Å². The summed E-state index contributed by atoms with van der Waals surface area (Å²) in [6.45, 7) is 5.13. The molecule has 33 heavy (non-hydrogen) atoms. The van der Waals surface area contributed by atoms with Gasteiger partial charge >= 0.3 is 5.69 Å². The van der Waals surface area contributed by atoms with Crippen LogP contribution in [-0.2, 0) is 16.1 Å². The van der Waals surface area contributed by atoms with E-state index >= 15 is 0 Å². The second-order valence-corrected chi connectivity index (χ2v) is 12.9. The molecule has 2 bridgehead atoms. The summed E-state index contributed by atoms with van der Waals surface area (Å²) < 4.78 is 6.87. The number of ether oxygens (including phenoxy) is 1. The van der Waals surface area contributed by atoms with Crippen molar-refractivity contribution in [3.63, 3.8) is 0 Å². The van der Waals surface area contributed by atoms with Crippen LogP contribution in [0.5, 0.6) is 0 Å². The standard InChI is InChI=1S/C23H36N4O4S2/c1-14(2)13-27-19(24)18(20(28)25-22(27)30)26(7-4-8-31-3)21(29)15-11-16-5-6-17(12-15)23(16)32-9-10-33-23/h14-17H,4-13,24H2,1-3H3,(H,25,28,30). The number of amides is 1. The Morgan fingerprint density at radius 2 is 1.88 bits per heavy atom. The minimum Gasteiger partial charge on any atom is -0.385 e. The van der Waals surface area contributed by atoms with Crippen molar-refractivity contribution in [2.24, 2.45) is 23.7 Å². The van der Waals surface area contributed by atoms with Crippen LogP contribution in [0.25, 0.3) is 0 Å². The van der Waals surface area contributed by atoms with Crippen molar-refractivity contribution >= 4 is 40.9 Å². The van der Waals surface area contributed by atoms with E-state index in [0.29, 0.717) is 42.0 Å². The minimum atomic E-state index is -0.597. The first-order valence-electron chi connectivity index (χ1n) is 12.0. The number of nitrogens with one attached hydrogen (secondary N) is 1. The molecule has 2 aliphatic carbocycles. The van der Waals surface area contributed by atoms with E-state index in [-0.39, 0.29) is 29.2 Å². The van der Waals surface area contributed by atoms with E-state index in [1.807, 2.05) is 13.8 Å². The van der Waals surface area contributed by atoms with Crippen LogP contribution in [-0.4, -0.2) is 51.3 Å². The summed E-state index contributed by atoms with van der Waals surface area (Å²) in [4.78, 5) is 43.2. The molecule has 2 atom stereocenters. The number of aromatic nitrogens is 2. The maximum absolute atomic E-state index is 13.9. The summed E-state index contributed by atoms with van der Waals surface area (Å²) in [6, 6.07) is 0. The highest BCUT2D eigenvalue weighted by atomic mass is 32.2. The van der Waals surface area contributed by atoms with Crippen LogP contribution >= 0.6 is 23.5 Å². The third kappa shape index (κ3) is 4.62. The van der Waals surface area contributed by atoms with Gasteiger partial charge in [-0.2, -0.15) is 0 Å². The number of aromatic amines is 1. The predicted molar refractivity (Wildman–Crippen MR) is 136 cm³/mol. The Hall–Kier alpha value is -1.39. The highest BCUT2D eigenvalue weighted by Gasteiger charge is 2.57. The number of thioether (sulfide) groups is 2. The average molecular weight is 497 g/mol. The van der Waals surface area contributed by atoms with Crippen molar-refractivity contribution in [3.8, 4) is 0 Å². The van der Waals surface area contributed by atoms with E-state index in [1.54, 1.807) is 12.0 Å². The van der Waals surface area contributed by atoms with Crippen molar-refractivity contribution < 1.29 is 9.53 Å². The van der Waals surface area contributed by atoms with Crippen molar-refractivity contribution in [1.29, 1.82) is 0 Å². The van der Waals surface area contributed by atoms with Crippen molar-refractivity contribution in [2.45, 2.75) is 56.6 Å². The molecule has 8 nitrogen and oxygen atoms in total. The van der Waals surface area contributed by atoms with Crippen LogP contribution in [0.4, 0.5) is 11.5 Å². The van der Waals surface area contributed by atoms with E-state index in [0.717, 1.165) is 12.8 Å². The Balaban J connectivity index is 1.65. The normalized spacial score (nSPS) is 25.8. The Labute approximate surface area is 203 Å². The third-order valence-corrected chi connectivity index (χ3v) is 11.3. The maximum atomic E-state index is 13.9. The SMILES string of the molecule is COCCCN(C(=O)C1CC2CCC(C1)C21SCCS1)c1c(N)n(CC(C)C)c(=O)[nH]c1=O. The van der Waals surface area contributed by atoms with Gasteiger partial charge in [-0.25, -0.2) is 4.79 Å². The number of carbonyl (C=O) groups excluding carboxylic acids is 1. The molecule has 0 radical (unpaired) electrons. The van der Waals surface area contributed by atoms with E-state index in [4.69, 9.17) is 10.5 Å². The zero-order chi connectivity index (χ0) is 23.8. The number of rotatable bonds is 8. The molecule has 1 saturated heterocycles. The molecule has 2 heterocycles. The first-order valence-corrected chi connectivity index (χ1v) is 14.0. The van der Waals surface area contributed by atoms with Gasteiger partial charge in [-0.15, -0.1) is 23.5 Å². The summed E-state index contributed by atoms with van der Waals surface area (Å²) >= 11 is 4.20. The number of H-pyrrole nitrogens is 1. The number of hydrogen-bond donors (Lipinski definition) is 2. The fourth-order valence-electron chi connectivity index (χ4n) is 5.91. The Morgan fingerprint density at radius 1 is 1.24 bits per heavy atom. The van der Waals surface area contributed by atoms with Gasteiger partial charge in [0.2, 0.25) is 5.91 Å². The molecule has 1 aliphatic heterocycles. The van der Waals surface area contributed by atoms with Gasteiger partial charge in [-0.3, -0.25) is 19.1 Å². The summed E-state index contributed by atoms with van der Waals surface area (Å²) in [7, 11) is 1.62. The first kappa shape index (κ1) is 24.7. The number of nitrogens with two attached hydrogens (primary N) is 1. The van der Waals surface area contributed by atoms with E-state index in [2.05, 4.69) is 28.5 Å². The zero-order valence-electron chi connectivity index (χ0n) is 19.8. The van der Waals surface area contributed by atoms with Gasteiger partial charge in [0.1, 0.15) is 5.82 Å². The van der Waals surface area contributed by atoms with Gasteiger partial charge in [0.15, 0.2) is 5.69 Å². The fraction of sp³-hybridized carbons (Fsp3) is 0.783. The van der Waals surface area contributed by atoms with Crippen LogP contribution in [0, 0.1) is 23.7 Å². The monoisotopic (exact) mass is 496 g/mol. The molecule has 3 N–H and O–H groups in total. The molecule has 0 aromatic carbocycles. The Morgan fingerprint density at radius 3 is 2.45 bits per heavy atom. The fourth-order valence-corrected chi connectivity index (χ4v) is 9.84. The Kier molecular flexibility index (Phi) is 7.55. The first-order chi connectivity index (χ1) is 15.8. The molecule has 4 rings (SSSR count). The van der Waals surface area contributed by atoms with Crippen molar-refractivity contribution in [1.82, 2.24) is 9.55 Å². The molecule has 10 heteroatoms. The molecule has 2 unspecified atom stereocenters. The molecule has 1 spiro atoms. The van der Waals surface area contributed by atoms with Gasteiger partial charge in [0, 0.05) is 44.2 Å². The molecular formula is C23H36N4O4S2. The summed E-state index contributed by atoms with van der Waals surface area (Å²) in [5.41, 5.74) is 5.35. The van der Waals surface area contributed by atoms with Gasteiger partial charge in [0.05, 0.1) is 4.08 Å². The number of methoxy groups -OCH3 is 1. The number of anilines is 2. The van der Waals surface area contributed by atoms with E-state index in [1.165, 1.54) is 28.9 Å². The van der Waals surface area contributed by atoms with Gasteiger partial charge < -0.3 is 15.4 Å². The molecule has 1 aromatic rings. The van der Waals surface area contributed by atoms with Crippen LogP contribution in [0.1, 0.15) is 46.0 Å². The highest BCUT2D eigenvalue weighted by molar-refractivity contribution is 8.21. The van der Waals surface area contributed by atoms with E-state index < -0.39 is 11.2 Å². The van der Waals surface area contributed by atoms with Gasteiger partial charge in [-0.05, 0) is 49.9 Å². The van der Waals surface area contributed by atoms with Crippen LogP contribution in [0.3, 0.4) is 0 Å². The molecular weight excluding hydrogens is 460 g/mol. The van der Waals surface area contributed by atoms with Gasteiger partial charge in [-0.1, -0.05) is 13.8 Å². The predicted octanol–water partition coefficient (Wildman–Crippen LogP) is 2.76. The van der Waals surface area contributed by atoms with Crippen molar-refractivity contribution in [3.05, 3.63) is 20.8 Å². The lowest BCUT2D eigenvalue weighted by Crippen LogP contribution is -2.47. The summed E-state index contributed by atoms with van der Waals surface area (Å²) in [5, 5.41) is 0. The largest absolute Gasteiger partial charge is 0.385 e. The maximum Gasteiger partial charge on any atom is 0.330 e. The topological polar surface area (TPSA) is 110 Å². The Bertz CT molecular complexity index is 970. The minimum absolute atomic E-state index is 0.0437. The third-order valence-electron chi connectivity index (χ3n) is 7.26. The number of carbonyl (C=O) groups is 1. The molecule has 184 valence electrons. The average Bonchev–Trinajstić information content (AvgIpc) is 3.30. The second kappa shape index (κ2) is 10.1. The highest BCUT2D eigenvalue weighted by Crippen LogP contribution is 2.66. The lowest BCUT2D eigenvalue weighted by Gasteiger charge is -2.43. The van der Waals surface area contributed by atoms with Crippen LogP contribution in [0.2, 0.25) is 0 Å². The zero-order valence-corrected chi connectivity index (χ0v) is 21.4. The lowest BCUT2D eigenvalue weighted by atomic mass is 9.79. The molecule has 1 aromatic heterocycles. The second-order valence-electron chi connectivity index (χ2n) is 9.89.